The number of amides is 1. The molecule has 2 aromatic rings. The van der Waals surface area contributed by atoms with Gasteiger partial charge in [-0.25, -0.2) is 4.68 Å². The van der Waals surface area contributed by atoms with E-state index in [1.165, 1.54) is 31.0 Å². The molecular formula is C16H18ClN3O4. The van der Waals surface area contributed by atoms with Crippen molar-refractivity contribution in [3.63, 3.8) is 0 Å². The second-order valence-corrected chi connectivity index (χ2v) is 5.33. The molecule has 1 amide bonds. The number of nitrogens with one attached hydrogen (secondary N) is 1. The third-order valence-corrected chi connectivity index (χ3v) is 3.55. The lowest BCUT2D eigenvalue weighted by atomic mass is 10.2. The van der Waals surface area contributed by atoms with Crippen molar-refractivity contribution in [2.45, 2.75) is 19.9 Å². The summed E-state index contributed by atoms with van der Waals surface area (Å²) in [6, 6.07) is 5.79. The van der Waals surface area contributed by atoms with E-state index >= 15 is 0 Å². The van der Waals surface area contributed by atoms with Crippen LogP contribution in [0.15, 0.2) is 29.1 Å². The van der Waals surface area contributed by atoms with Crippen molar-refractivity contribution in [2.75, 3.05) is 19.5 Å². The number of hydrogen-bond donors (Lipinski definition) is 1. The molecule has 8 heteroatoms. The summed E-state index contributed by atoms with van der Waals surface area (Å²) in [6.07, 6.45) is 0.736. The zero-order valence-electron chi connectivity index (χ0n) is 13.6. The second-order valence-electron chi connectivity index (χ2n) is 4.92. The molecule has 0 atom stereocenters. The maximum atomic E-state index is 12.4. The fourth-order valence-electron chi connectivity index (χ4n) is 2.09. The Labute approximate surface area is 144 Å². The standard InChI is InChI=1S/C16H18ClN3O4/c1-4-7-20-15(21)6-5-11(19-20)16(22)18-12-9-13(23-2)10(17)8-14(12)24-3/h5-6,8-9H,4,7H2,1-3H3,(H,18,22). The Morgan fingerprint density at radius 3 is 2.58 bits per heavy atom. The van der Waals surface area contributed by atoms with Gasteiger partial charge in [-0.05, 0) is 12.5 Å². The van der Waals surface area contributed by atoms with Gasteiger partial charge in [0.15, 0.2) is 0 Å². The highest BCUT2D eigenvalue weighted by molar-refractivity contribution is 6.32. The Morgan fingerprint density at radius 2 is 1.96 bits per heavy atom. The van der Waals surface area contributed by atoms with E-state index in [-0.39, 0.29) is 11.3 Å². The van der Waals surface area contributed by atoms with Crippen molar-refractivity contribution in [3.8, 4) is 11.5 Å². The summed E-state index contributed by atoms with van der Waals surface area (Å²) in [5.41, 5.74) is 0.261. The smallest absolute Gasteiger partial charge is 0.276 e. The SMILES string of the molecule is CCCn1nc(C(=O)Nc2cc(OC)c(Cl)cc2OC)ccc1=O. The van der Waals surface area contributed by atoms with E-state index in [1.54, 1.807) is 12.1 Å². The lowest BCUT2D eigenvalue weighted by Crippen LogP contribution is -2.26. The minimum Gasteiger partial charge on any atom is -0.495 e. The maximum absolute atomic E-state index is 12.4. The Balaban J connectivity index is 2.32. The molecule has 0 unspecified atom stereocenters. The highest BCUT2D eigenvalue weighted by atomic mass is 35.5. The minimum atomic E-state index is -0.470. The number of carbonyl (C=O) groups is 1. The average molecular weight is 352 g/mol. The molecule has 0 radical (unpaired) electrons. The van der Waals surface area contributed by atoms with Crippen molar-refractivity contribution in [2.24, 2.45) is 0 Å². The summed E-state index contributed by atoms with van der Waals surface area (Å²) in [6.45, 7) is 2.36. The number of methoxy groups -OCH3 is 2. The molecule has 0 saturated carbocycles. The van der Waals surface area contributed by atoms with Crippen LogP contribution in [0, 0.1) is 0 Å². The molecule has 24 heavy (non-hydrogen) atoms. The summed E-state index contributed by atoms with van der Waals surface area (Å²) >= 11 is 6.04. The van der Waals surface area contributed by atoms with E-state index in [9.17, 15) is 9.59 Å². The molecule has 0 aliphatic carbocycles. The number of nitrogens with zero attached hydrogens (tertiary/aromatic N) is 2. The number of carbonyl (C=O) groups excluding carboxylic acids is 1. The van der Waals surface area contributed by atoms with Gasteiger partial charge in [0.25, 0.3) is 11.5 Å². The van der Waals surface area contributed by atoms with E-state index < -0.39 is 5.91 Å². The highest BCUT2D eigenvalue weighted by Gasteiger charge is 2.15. The number of benzene rings is 1. The molecule has 1 heterocycles. The molecule has 0 aliphatic rings. The van der Waals surface area contributed by atoms with Crippen LogP contribution >= 0.6 is 11.6 Å². The highest BCUT2D eigenvalue weighted by Crippen LogP contribution is 2.35. The van der Waals surface area contributed by atoms with Crippen LogP contribution in [0.4, 0.5) is 5.69 Å². The van der Waals surface area contributed by atoms with Crippen LogP contribution in [0.5, 0.6) is 11.5 Å². The van der Waals surface area contributed by atoms with Gasteiger partial charge in [0, 0.05) is 24.7 Å². The van der Waals surface area contributed by atoms with Crippen LogP contribution in [0.3, 0.4) is 0 Å². The second kappa shape index (κ2) is 7.83. The minimum absolute atomic E-state index is 0.124. The normalized spacial score (nSPS) is 10.3. The summed E-state index contributed by atoms with van der Waals surface area (Å²) < 4.78 is 11.6. The van der Waals surface area contributed by atoms with Gasteiger partial charge in [-0.3, -0.25) is 9.59 Å². The number of rotatable bonds is 6. The van der Waals surface area contributed by atoms with E-state index in [0.717, 1.165) is 6.42 Å². The first-order valence-corrected chi connectivity index (χ1v) is 7.69. The number of aromatic nitrogens is 2. The van der Waals surface area contributed by atoms with Crippen molar-refractivity contribution in [1.29, 1.82) is 0 Å². The predicted molar refractivity (Wildman–Crippen MR) is 91.3 cm³/mol. The topological polar surface area (TPSA) is 82.5 Å². The average Bonchev–Trinajstić information content (AvgIpc) is 2.58. The molecule has 0 spiro atoms. The summed E-state index contributed by atoms with van der Waals surface area (Å²) in [7, 11) is 2.94. The van der Waals surface area contributed by atoms with Crippen molar-refractivity contribution in [1.82, 2.24) is 9.78 Å². The molecule has 0 saturated heterocycles. The van der Waals surface area contributed by atoms with Crippen LogP contribution < -0.4 is 20.3 Å². The van der Waals surface area contributed by atoms with Gasteiger partial charge in [0.1, 0.15) is 17.2 Å². The van der Waals surface area contributed by atoms with Crippen LogP contribution in [0.25, 0.3) is 0 Å². The Kier molecular flexibility index (Phi) is 5.81. The molecule has 128 valence electrons. The first kappa shape index (κ1) is 17.8. The van der Waals surface area contributed by atoms with Crippen LogP contribution in [0.1, 0.15) is 23.8 Å². The number of aryl methyl sites for hydroxylation is 1. The lowest BCUT2D eigenvalue weighted by molar-refractivity contribution is 0.101. The molecule has 2 rings (SSSR count). The number of hydrogen-bond acceptors (Lipinski definition) is 5. The van der Waals surface area contributed by atoms with E-state index in [2.05, 4.69) is 10.4 Å². The zero-order valence-corrected chi connectivity index (χ0v) is 14.4. The third-order valence-electron chi connectivity index (χ3n) is 3.26. The fourth-order valence-corrected chi connectivity index (χ4v) is 2.32. The van der Waals surface area contributed by atoms with Gasteiger partial charge in [-0.15, -0.1) is 0 Å². The van der Waals surface area contributed by atoms with Gasteiger partial charge in [-0.1, -0.05) is 18.5 Å². The van der Waals surface area contributed by atoms with Gasteiger partial charge >= 0.3 is 0 Å². The molecule has 1 aromatic carbocycles. The summed E-state index contributed by atoms with van der Waals surface area (Å²) in [5, 5.41) is 7.12. The largest absolute Gasteiger partial charge is 0.495 e. The molecule has 0 fully saturated rings. The van der Waals surface area contributed by atoms with Crippen LogP contribution in [0.2, 0.25) is 5.02 Å². The Hall–Kier alpha value is -2.54. The number of anilines is 1. The molecule has 1 aromatic heterocycles. The zero-order chi connectivity index (χ0) is 17.7. The van der Waals surface area contributed by atoms with Gasteiger partial charge in [-0.2, -0.15) is 5.10 Å². The van der Waals surface area contributed by atoms with Crippen molar-refractivity contribution < 1.29 is 14.3 Å². The summed E-state index contributed by atoms with van der Waals surface area (Å²) in [5.74, 6) is 0.315. The first-order chi connectivity index (χ1) is 11.5. The molecular weight excluding hydrogens is 334 g/mol. The summed E-state index contributed by atoms with van der Waals surface area (Å²) in [4.78, 5) is 24.1. The maximum Gasteiger partial charge on any atom is 0.276 e. The van der Waals surface area contributed by atoms with E-state index in [1.807, 2.05) is 6.92 Å². The van der Waals surface area contributed by atoms with Gasteiger partial charge < -0.3 is 14.8 Å². The lowest BCUT2D eigenvalue weighted by Gasteiger charge is -2.13. The third kappa shape index (κ3) is 3.86. The first-order valence-electron chi connectivity index (χ1n) is 7.31. The van der Waals surface area contributed by atoms with Gasteiger partial charge in [0.05, 0.1) is 24.9 Å². The number of ether oxygens (including phenoxy) is 2. The van der Waals surface area contributed by atoms with Crippen molar-refractivity contribution >= 4 is 23.2 Å². The number of halogens is 1. The quantitative estimate of drug-likeness (QED) is 0.864. The van der Waals surface area contributed by atoms with E-state index in [4.69, 9.17) is 21.1 Å². The molecule has 0 bridgehead atoms. The fraction of sp³-hybridized carbons (Fsp3) is 0.312. The molecule has 7 nitrogen and oxygen atoms in total. The van der Waals surface area contributed by atoms with Crippen molar-refractivity contribution in [3.05, 3.63) is 45.3 Å². The van der Waals surface area contributed by atoms with Crippen LogP contribution in [-0.2, 0) is 6.54 Å². The predicted octanol–water partition coefficient (Wildman–Crippen LogP) is 2.58. The molecule has 0 aliphatic heterocycles. The van der Waals surface area contributed by atoms with Crippen LogP contribution in [-0.4, -0.2) is 29.9 Å². The molecule has 1 N–H and O–H groups in total. The monoisotopic (exact) mass is 351 g/mol. The Bertz CT molecular complexity index is 804. The Morgan fingerprint density at radius 1 is 1.25 bits per heavy atom. The van der Waals surface area contributed by atoms with E-state index in [0.29, 0.717) is 28.8 Å². The van der Waals surface area contributed by atoms with Gasteiger partial charge in [0.2, 0.25) is 0 Å².